The number of hydrogen-bond acceptors (Lipinski definition) is 3. The SMILES string of the molecule is CC(C)(CNC(=O)COc1ccc2ccccc2c1)C(N)=O. The van der Waals surface area contributed by atoms with Gasteiger partial charge < -0.3 is 15.8 Å². The number of nitrogens with two attached hydrogens (primary N) is 1. The maximum absolute atomic E-state index is 11.8. The molecule has 2 aromatic rings. The standard InChI is InChI=1S/C17H20N2O3/c1-17(2,16(18)21)11-19-15(20)10-22-14-8-7-12-5-3-4-6-13(12)9-14/h3-9H,10-11H2,1-2H3,(H2,18,21)(H,19,20). The molecule has 0 fully saturated rings. The summed E-state index contributed by atoms with van der Waals surface area (Å²) in [5.74, 6) is -0.117. The number of amides is 2. The Hall–Kier alpha value is -2.56. The molecule has 0 aliphatic carbocycles. The number of nitrogens with one attached hydrogen (secondary N) is 1. The molecule has 2 aromatic carbocycles. The molecule has 0 aliphatic heterocycles. The van der Waals surface area contributed by atoms with Crippen molar-refractivity contribution in [3.05, 3.63) is 42.5 Å². The fourth-order valence-electron chi connectivity index (χ4n) is 1.86. The van der Waals surface area contributed by atoms with Crippen molar-refractivity contribution in [3.8, 4) is 5.75 Å². The normalized spacial score (nSPS) is 11.2. The summed E-state index contributed by atoms with van der Waals surface area (Å²) < 4.78 is 5.47. The molecule has 0 aliphatic rings. The van der Waals surface area contributed by atoms with Crippen LogP contribution in [0.3, 0.4) is 0 Å². The van der Waals surface area contributed by atoms with Gasteiger partial charge in [0.15, 0.2) is 6.61 Å². The van der Waals surface area contributed by atoms with Gasteiger partial charge in [0.2, 0.25) is 5.91 Å². The highest BCUT2D eigenvalue weighted by Crippen LogP contribution is 2.20. The van der Waals surface area contributed by atoms with Crippen LogP contribution in [0.25, 0.3) is 10.8 Å². The van der Waals surface area contributed by atoms with Gasteiger partial charge in [0, 0.05) is 6.54 Å². The summed E-state index contributed by atoms with van der Waals surface area (Å²) in [6.45, 7) is 3.44. The minimum Gasteiger partial charge on any atom is -0.484 e. The summed E-state index contributed by atoms with van der Waals surface area (Å²) >= 11 is 0. The third-order valence-corrected chi connectivity index (χ3v) is 3.49. The van der Waals surface area contributed by atoms with Crippen LogP contribution in [0.5, 0.6) is 5.75 Å². The van der Waals surface area contributed by atoms with Crippen LogP contribution >= 0.6 is 0 Å². The second-order valence-electron chi connectivity index (χ2n) is 5.82. The number of rotatable bonds is 6. The van der Waals surface area contributed by atoms with Crippen molar-refractivity contribution in [2.75, 3.05) is 13.2 Å². The van der Waals surface area contributed by atoms with Gasteiger partial charge in [0.25, 0.3) is 5.91 Å². The smallest absolute Gasteiger partial charge is 0.257 e. The van der Waals surface area contributed by atoms with Gasteiger partial charge in [-0.1, -0.05) is 30.3 Å². The Labute approximate surface area is 129 Å². The van der Waals surface area contributed by atoms with E-state index in [0.717, 1.165) is 10.8 Å². The van der Waals surface area contributed by atoms with Gasteiger partial charge in [-0.3, -0.25) is 9.59 Å². The zero-order valence-corrected chi connectivity index (χ0v) is 12.8. The van der Waals surface area contributed by atoms with Crippen LogP contribution in [0, 0.1) is 5.41 Å². The predicted molar refractivity (Wildman–Crippen MR) is 85.4 cm³/mol. The van der Waals surface area contributed by atoms with Gasteiger partial charge in [0.05, 0.1) is 5.41 Å². The largest absolute Gasteiger partial charge is 0.484 e. The Morgan fingerprint density at radius 2 is 1.82 bits per heavy atom. The van der Waals surface area contributed by atoms with Crippen LogP contribution in [0.2, 0.25) is 0 Å². The van der Waals surface area contributed by atoms with E-state index in [1.165, 1.54) is 0 Å². The van der Waals surface area contributed by atoms with E-state index in [1.807, 2.05) is 42.5 Å². The monoisotopic (exact) mass is 300 g/mol. The maximum atomic E-state index is 11.8. The Bertz CT molecular complexity index is 695. The molecule has 0 saturated carbocycles. The zero-order chi connectivity index (χ0) is 16.2. The number of carbonyl (C=O) groups excluding carboxylic acids is 2. The minimum absolute atomic E-state index is 0.104. The van der Waals surface area contributed by atoms with E-state index in [-0.39, 0.29) is 19.1 Å². The Balaban J connectivity index is 1.88. The molecule has 0 unspecified atom stereocenters. The lowest BCUT2D eigenvalue weighted by Crippen LogP contribution is -2.43. The van der Waals surface area contributed by atoms with E-state index < -0.39 is 11.3 Å². The topological polar surface area (TPSA) is 81.4 Å². The summed E-state index contributed by atoms with van der Waals surface area (Å²) in [5.41, 5.74) is 4.47. The van der Waals surface area contributed by atoms with Gasteiger partial charge in [-0.15, -0.1) is 0 Å². The van der Waals surface area contributed by atoms with E-state index in [4.69, 9.17) is 10.5 Å². The first kappa shape index (κ1) is 15.8. The van der Waals surface area contributed by atoms with Crippen molar-refractivity contribution in [1.82, 2.24) is 5.32 Å². The predicted octanol–water partition coefficient (Wildman–Crippen LogP) is 1.85. The van der Waals surface area contributed by atoms with Crippen LogP contribution in [0.4, 0.5) is 0 Å². The minimum atomic E-state index is -0.779. The lowest BCUT2D eigenvalue weighted by molar-refractivity contribution is -0.127. The highest BCUT2D eigenvalue weighted by atomic mass is 16.5. The van der Waals surface area contributed by atoms with Crippen molar-refractivity contribution < 1.29 is 14.3 Å². The van der Waals surface area contributed by atoms with Gasteiger partial charge in [-0.25, -0.2) is 0 Å². The lowest BCUT2D eigenvalue weighted by Gasteiger charge is -2.20. The van der Waals surface area contributed by atoms with Crippen LogP contribution in [-0.4, -0.2) is 25.0 Å². The summed E-state index contributed by atoms with van der Waals surface area (Å²) in [4.78, 5) is 22.9. The Morgan fingerprint density at radius 1 is 1.14 bits per heavy atom. The molecule has 0 bridgehead atoms. The molecule has 0 aromatic heterocycles. The molecule has 5 heteroatoms. The van der Waals surface area contributed by atoms with Gasteiger partial charge in [-0.05, 0) is 36.8 Å². The highest BCUT2D eigenvalue weighted by Gasteiger charge is 2.25. The van der Waals surface area contributed by atoms with Gasteiger partial charge >= 0.3 is 0 Å². The zero-order valence-electron chi connectivity index (χ0n) is 12.8. The summed E-state index contributed by atoms with van der Waals surface area (Å²) in [6, 6.07) is 13.6. The molecule has 0 radical (unpaired) electrons. The van der Waals surface area contributed by atoms with E-state index in [9.17, 15) is 9.59 Å². The first-order chi connectivity index (χ1) is 10.4. The van der Waals surface area contributed by atoms with E-state index in [2.05, 4.69) is 5.32 Å². The maximum Gasteiger partial charge on any atom is 0.257 e. The number of carbonyl (C=O) groups is 2. The number of fused-ring (bicyclic) bond motifs is 1. The Morgan fingerprint density at radius 3 is 2.50 bits per heavy atom. The third kappa shape index (κ3) is 3.97. The first-order valence-electron chi connectivity index (χ1n) is 7.07. The molecule has 22 heavy (non-hydrogen) atoms. The van der Waals surface area contributed by atoms with Crippen LogP contribution in [0.15, 0.2) is 42.5 Å². The fourth-order valence-corrected chi connectivity index (χ4v) is 1.86. The summed E-state index contributed by atoms with van der Waals surface area (Å²) in [7, 11) is 0. The molecule has 0 spiro atoms. The van der Waals surface area contributed by atoms with Crippen LogP contribution in [-0.2, 0) is 9.59 Å². The van der Waals surface area contributed by atoms with Crippen molar-refractivity contribution in [2.45, 2.75) is 13.8 Å². The molecule has 0 heterocycles. The Kier molecular flexibility index (Phi) is 4.65. The molecule has 0 atom stereocenters. The van der Waals surface area contributed by atoms with Crippen molar-refractivity contribution in [3.63, 3.8) is 0 Å². The molecular formula is C17H20N2O3. The first-order valence-corrected chi connectivity index (χ1v) is 7.07. The van der Waals surface area contributed by atoms with E-state index in [0.29, 0.717) is 5.75 Å². The second kappa shape index (κ2) is 6.47. The number of benzene rings is 2. The van der Waals surface area contributed by atoms with Crippen molar-refractivity contribution in [2.24, 2.45) is 11.1 Å². The summed E-state index contributed by atoms with van der Waals surface area (Å²) in [6.07, 6.45) is 0. The van der Waals surface area contributed by atoms with Crippen molar-refractivity contribution >= 4 is 22.6 Å². The molecule has 5 nitrogen and oxygen atoms in total. The van der Waals surface area contributed by atoms with Crippen molar-refractivity contribution in [1.29, 1.82) is 0 Å². The number of primary amides is 1. The molecule has 3 N–H and O–H groups in total. The molecule has 2 amide bonds. The average Bonchev–Trinajstić information content (AvgIpc) is 2.50. The molecule has 116 valence electrons. The highest BCUT2D eigenvalue weighted by molar-refractivity contribution is 5.84. The molecular weight excluding hydrogens is 280 g/mol. The molecule has 2 rings (SSSR count). The average molecular weight is 300 g/mol. The number of ether oxygens (including phenoxy) is 1. The lowest BCUT2D eigenvalue weighted by atomic mass is 9.93. The molecule has 0 saturated heterocycles. The fraction of sp³-hybridized carbons (Fsp3) is 0.294. The quantitative estimate of drug-likeness (QED) is 0.854. The van der Waals surface area contributed by atoms with Gasteiger partial charge in [0.1, 0.15) is 5.75 Å². The van der Waals surface area contributed by atoms with Gasteiger partial charge in [-0.2, -0.15) is 0 Å². The van der Waals surface area contributed by atoms with E-state index in [1.54, 1.807) is 13.8 Å². The number of hydrogen-bond donors (Lipinski definition) is 2. The van der Waals surface area contributed by atoms with Crippen LogP contribution < -0.4 is 15.8 Å². The summed E-state index contributed by atoms with van der Waals surface area (Å²) in [5, 5.41) is 4.81. The second-order valence-corrected chi connectivity index (χ2v) is 5.82. The van der Waals surface area contributed by atoms with E-state index >= 15 is 0 Å². The van der Waals surface area contributed by atoms with Crippen LogP contribution in [0.1, 0.15) is 13.8 Å². The third-order valence-electron chi connectivity index (χ3n) is 3.49.